The van der Waals surface area contributed by atoms with E-state index in [1.165, 1.54) is 23.3 Å². The largest absolute Gasteiger partial charge is 0.419 e. The van der Waals surface area contributed by atoms with Gasteiger partial charge in [-0.25, -0.2) is 0 Å². The van der Waals surface area contributed by atoms with Gasteiger partial charge in [0.2, 0.25) is 11.8 Å². The van der Waals surface area contributed by atoms with Crippen molar-refractivity contribution in [3.05, 3.63) is 75.7 Å². The minimum atomic E-state index is -0.437. The number of aromatic nitrogens is 2. The standard InChI is InChI=1S/C21H24N4O3/c1-14(2)17-7-5-16(6-8-17)13-24(4)15(3)20-22-23-21(28-20)18-9-11-19(12-10-18)25(26)27/h5-12,14-15H,13H2,1-4H3/t15-/m1/s1. The van der Waals surface area contributed by atoms with Gasteiger partial charge in [0.05, 0.1) is 11.0 Å². The number of rotatable bonds is 7. The molecule has 0 unspecified atom stereocenters. The number of hydrogen-bond acceptors (Lipinski definition) is 6. The third kappa shape index (κ3) is 4.43. The maximum atomic E-state index is 10.8. The molecule has 0 fully saturated rings. The van der Waals surface area contributed by atoms with E-state index in [0.29, 0.717) is 23.3 Å². The minimum absolute atomic E-state index is 0.0278. The van der Waals surface area contributed by atoms with Crippen molar-refractivity contribution >= 4 is 5.69 Å². The lowest BCUT2D eigenvalue weighted by atomic mass is 10.0. The van der Waals surface area contributed by atoms with Crippen LogP contribution in [0.25, 0.3) is 11.5 Å². The maximum absolute atomic E-state index is 10.8. The molecule has 0 aliphatic carbocycles. The molecule has 3 rings (SSSR count). The zero-order chi connectivity index (χ0) is 20.3. The van der Waals surface area contributed by atoms with Gasteiger partial charge in [-0.3, -0.25) is 15.0 Å². The van der Waals surface area contributed by atoms with Gasteiger partial charge >= 0.3 is 0 Å². The van der Waals surface area contributed by atoms with Gasteiger partial charge in [0.15, 0.2) is 0 Å². The molecule has 0 bridgehead atoms. The Bertz CT molecular complexity index is 933. The Balaban J connectivity index is 1.68. The molecule has 0 saturated heterocycles. The number of nitro benzene ring substituents is 1. The fraction of sp³-hybridized carbons (Fsp3) is 0.333. The fourth-order valence-electron chi connectivity index (χ4n) is 2.87. The summed E-state index contributed by atoms with van der Waals surface area (Å²) in [6, 6.07) is 14.6. The van der Waals surface area contributed by atoms with Crippen molar-refractivity contribution in [3.8, 4) is 11.5 Å². The molecule has 7 nitrogen and oxygen atoms in total. The highest BCUT2D eigenvalue weighted by atomic mass is 16.6. The van der Waals surface area contributed by atoms with Gasteiger partial charge in [0.1, 0.15) is 0 Å². The molecular formula is C21H24N4O3. The molecule has 3 aromatic rings. The predicted octanol–water partition coefficient (Wildman–Crippen LogP) is 4.96. The number of nitro groups is 1. The summed E-state index contributed by atoms with van der Waals surface area (Å²) in [6.07, 6.45) is 0. The highest BCUT2D eigenvalue weighted by molar-refractivity contribution is 5.55. The van der Waals surface area contributed by atoms with Crippen LogP contribution in [0.5, 0.6) is 0 Å². The second kappa shape index (κ2) is 8.31. The first-order chi connectivity index (χ1) is 13.3. The normalized spacial score (nSPS) is 12.5. The summed E-state index contributed by atoms with van der Waals surface area (Å²) < 4.78 is 5.81. The van der Waals surface area contributed by atoms with Crippen molar-refractivity contribution in [1.29, 1.82) is 0 Å². The highest BCUT2D eigenvalue weighted by Gasteiger charge is 2.20. The molecule has 7 heteroatoms. The molecule has 1 heterocycles. The van der Waals surface area contributed by atoms with Gasteiger partial charge in [-0.15, -0.1) is 10.2 Å². The number of non-ortho nitro benzene ring substituents is 1. The Morgan fingerprint density at radius 3 is 2.25 bits per heavy atom. The summed E-state index contributed by atoms with van der Waals surface area (Å²) in [6.45, 7) is 7.13. The molecule has 0 saturated carbocycles. The lowest BCUT2D eigenvalue weighted by molar-refractivity contribution is -0.384. The van der Waals surface area contributed by atoms with Crippen LogP contribution in [0.1, 0.15) is 49.7 Å². The third-order valence-electron chi connectivity index (χ3n) is 4.86. The molecule has 0 spiro atoms. The van der Waals surface area contributed by atoms with E-state index in [9.17, 15) is 10.1 Å². The van der Waals surface area contributed by atoms with Gasteiger partial charge in [-0.1, -0.05) is 38.1 Å². The summed E-state index contributed by atoms with van der Waals surface area (Å²) in [5, 5.41) is 19.0. The van der Waals surface area contributed by atoms with Gasteiger partial charge < -0.3 is 4.42 Å². The van der Waals surface area contributed by atoms with Crippen LogP contribution in [-0.2, 0) is 6.54 Å². The maximum Gasteiger partial charge on any atom is 0.269 e. The van der Waals surface area contributed by atoms with E-state index in [2.05, 4.69) is 53.2 Å². The molecular weight excluding hydrogens is 356 g/mol. The highest BCUT2D eigenvalue weighted by Crippen LogP contribution is 2.26. The quantitative estimate of drug-likeness (QED) is 0.425. The van der Waals surface area contributed by atoms with E-state index in [-0.39, 0.29) is 11.7 Å². The Kier molecular flexibility index (Phi) is 5.84. The fourth-order valence-corrected chi connectivity index (χ4v) is 2.87. The van der Waals surface area contributed by atoms with Crippen LogP contribution in [0, 0.1) is 10.1 Å². The zero-order valence-electron chi connectivity index (χ0n) is 16.5. The average Bonchev–Trinajstić information content (AvgIpc) is 3.18. The topological polar surface area (TPSA) is 85.3 Å². The van der Waals surface area contributed by atoms with Crippen molar-refractivity contribution in [2.24, 2.45) is 0 Å². The van der Waals surface area contributed by atoms with Crippen molar-refractivity contribution < 1.29 is 9.34 Å². The number of hydrogen-bond donors (Lipinski definition) is 0. The van der Waals surface area contributed by atoms with Gasteiger partial charge in [0, 0.05) is 24.2 Å². The van der Waals surface area contributed by atoms with Gasteiger partial charge in [0.25, 0.3) is 5.69 Å². The number of benzene rings is 2. The second-order valence-electron chi connectivity index (χ2n) is 7.24. The van der Waals surface area contributed by atoms with E-state index in [1.54, 1.807) is 12.1 Å². The van der Waals surface area contributed by atoms with Crippen molar-refractivity contribution in [3.63, 3.8) is 0 Å². The summed E-state index contributed by atoms with van der Waals surface area (Å²) in [5.74, 6) is 1.38. The predicted molar refractivity (Wildman–Crippen MR) is 107 cm³/mol. The average molecular weight is 380 g/mol. The first-order valence-corrected chi connectivity index (χ1v) is 9.22. The molecule has 2 aromatic carbocycles. The first kappa shape index (κ1) is 19.7. The molecule has 28 heavy (non-hydrogen) atoms. The molecule has 0 aliphatic rings. The minimum Gasteiger partial charge on any atom is -0.419 e. The van der Waals surface area contributed by atoms with Crippen LogP contribution in [0.3, 0.4) is 0 Å². The van der Waals surface area contributed by atoms with Crippen molar-refractivity contribution in [2.45, 2.75) is 39.3 Å². The lowest BCUT2D eigenvalue weighted by Crippen LogP contribution is -2.22. The Hall–Kier alpha value is -3.06. The molecule has 0 aliphatic heterocycles. The van der Waals surface area contributed by atoms with E-state index in [0.717, 1.165) is 6.54 Å². The number of nitrogens with zero attached hydrogens (tertiary/aromatic N) is 4. The summed E-state index contributed by atoms with van der Waals surface area (Å²) in [4.78, 5) is 12.5. The van der Waals surface area contributed by atoms with Crippen LogP contribution >= 0.6 is 0 Å². The monoisotopic (exact) mass is 380 g/mol. The van der Waals surface area contributed by atoms with Crippen LogP contribution in [-0.4, -0.2) is 27.1 Å². The summed E-state index contributed by atoms with van der Waals surface area (Å²) >= 11 is 0. The van der Waals surface area contributed by atoms with Crippen LogP contribution in [0.15, 0.2) is 52.9 Å². The second-order valence-corrected chi connectivity index (χ2v) is 7.24. The Morgan fingerprint density at radius 2 is 1.68 bits per heavy atom. The van der Waals surface area contributed by atoms with Crippen LogP contribution in [0.2, 0.25) is 0 Å². The van der Waals surface area contributed by atoms with Gasteiger partial charge in [-0.05, 0) is 43.1 Å². The SMILES string of the molecule is CC(C)c1ccc(CN(C)[C@H](C)c2nnc(-c3ccc([N+](=O)[O-])cc3)o2)cc1. The molecule has 146 valence electrons. The molecule has 1 atom stereocenters. The van der Waals surface area contributed by atoms with Crippen molar-refractivity contribution in [1.82, 2.24) is 15.1 Å². The molecule has 0 amide bonds. The van der Waals surface area contributed by atoms with E-state index in [1.807, 2.05) is 14.0 Å². The smallest absolute Gasteiger partial charge is 0.269 e. The zero-order valence-corrected chi connectivity index (χ0v) is 16.5. The van der Waals surface area contributed by atoms with E-state index < -0.39 is 4.92 Å². The van der Waals surface area contributed by atoms with Gasteiger partial charge in [-0.2, -0.15) is 0 Å². The third-order valence-corrected chi connectivity index (χ3v) is 4.86. The summed E-state index contributed by atoms with van der Waals surface area (Å²) in [7, 11) is 2.01. The lowest BCUT2D eigenvalue weighted by Gasteiger charge is -2.22. The Morgan fingerprint density at radius 1 is 1.04 bits per heavy atom. The van der Waals surface area contributed by atoms with E-state index in [4.69, 9.17) is 4.42 Å². The summed E-state index contributed by atoms with van der Waals surface area (Å²) in [5.41, 5.74) is 3.22. The molecule has 1 aromatic heterocycles. The van der Waals surface area contributed by atoms with Crippen LogP contribution < -0.4 is 0 Å². The molecule has 0 radical (unpaired) electrons. The Labute approximate surface area is 164 Å². The molecule has 0 N–H and O–H groups in total. The van der Waals surface area contributed by atoms with E-state index >= 15 is 0 Å². The van der Waals surface area contributed by atoms with Crippen molar-refractivity contribution in [2.75, 3.05) is 7.05 Å². The first-order valence-electron chi connectivity index (χ1n) is 9.22. The van der Waals surface area contributed by atoms with Crippen LogP contribution in [0.4, 0.5) is 5.69 Å².